The van der Waals surface area contributed by atoms with Crippen LogP contribution in [0.3, 0.4) is 0 Å². The summed E-state index contributed by atoms with van der Waals surface area (Å²) in [5, 5.41) is 3.65. The number of piperazine rings is 1. The summed E-state index contributed by atoms with van der Waals surface area (Å²) in [7, 11) is 2.16. The van der Waals surface area contributed by atoms with Crippen LogP contribution in [-0.4, -0.2) is 48.1 Å². The Morgan fingerprint density at radius 3 is 2.43 bits per heavy atom. The summed E-state index contributed by atoms with van der Waals surface area (Å²) in [5.41, 5.74) is 2.25. The fourth-order valence-corrected chi connectivity index (χ4v) is 2.52. The quantitative estimate of drug-likeness (QED) is 0.883. The Labute approximate surface area is 129 Å². The molecule has 110 valence electrons. The molecule has 5 nitrogen and oxygen atoms in total. The van der Waals surface area contributed by atoms with Gasteiger partial charge in [-0.25, -0.2) is 9.97 Å². The lowest BCUT2D eigenvalue weighted by Crippen LogP contribution is -2.44. The maximum Gasteiger partial charge on any atom is 0.135 e. The van der Waals surface area contributed by atoms with Gasteiger partial charge in [0.1, 0.15) is 17.3 Å². The summed E-state index contributed by atoms with van der Waals surface area (Å²) in [4.78, 5) is 12.8. The van der Waals surface area contributed by atoms with Gasteiger partial charge in [-0.05, 0) is 31.3 Å². The van der Waals surface area contributed by atoms with Gasteiger partial charge >= 0.3 is 0 Å². The molecule has 1 aliphatic heterocycles. The molecule has 1 N–H and O–H groups in total. The molecule has 0 aliphatic carbocycles. The lowest BCUT2D eigenvalue weighted by atomic mass is 10.2. The molecule has 0 unspecified atom stereocenters. The van der Waals surface area contributed by atoms with Gasteiger partial charge in [0.05, 0.1) is 0 Å². The second kappa shape index (κ2) is 6.28. The molecule has 1 aromatic carbocycles. The van der Waals surface area contributed by atoms with Crippen LogP contribution >= 0.6 is 11.6 Å². The van der Waals surface area contributed by atoms with Crippen molar-refractivity contribution in [1.82, 2.24) is 14.9 Å². The van der Waals surface area contributed by atoms with Crippen molar-refractivity contribution < 1.29 is 0 Å². The van der Waals surface area contributed by atoms with Gasteiger partial charge in [0, 0.05) is 43.6 Å². The summed E-state index contributed by atoms with van der Waals surface area (Å²) in [6.07, 6.45) is 1.45. The van der Waals surface area contributed by atoms with E-state index in [9.17, 15) is 0 Å². The number of halogens is 1. The van der Waals surface area contributed by atoms with Gasteiger partial charge < -0.3 is 15.1 Å². The lowest BCUT2D eigenvalue weighted by molar-refractivity contribution is 0.313. The van der Waals surface area contributed by atoms with E-state index < -0.39 is 0 Å². The molecule has 1 aliphatic rings. The van der Waals surface area contributed by atoms with Crippen LogP contribution in [0.25, 0.3) is 0 Å². The van der Waals surface area contributed by atoms with Crippen LogP contribution in [0.4, 0.5) is 17.2 Å². The predicted molar refractivity (Wildman–Crippen MR) is 86.5 cm³/mol. The highest BCUT2D eigenvalue weighted by Gasteiger charge is 2.13. The number of rotatable bonds is 3. The number of nitrogens with one attached hydrogen (secondary N) is 1. The summed E-state index contributed by atoms with van der Waals surface area (Å²) < 4.78 is 0. The molecule has 0 amide bonds. The minimum atomic E-state index is 0.432. The molecule has 1 fully saturated rings. The van der Waals surface area contributed by atoms with Crippen LogP contribution < -0.4 is 10.2 Å². The summed E-state index contributed by atoms with van der Waals surface area (Å²) in [5.74, 6) is 0.697. The molecule has 3 rings (SSSR count). The number of hydrogen-bond acceptors (Lipinski definition) is 5. The van der Waals surface area contributed by atoms with Gasteiger partial charge in [0.2, 0.25) is 0 Å². The van der Waals surface area contributed by atoms with Crippen LogP contribution in [0.15, 0.2) is 36.7 Å². The first-order valence-corrected chi connectivity index (χ1v) is 7.37. The Kier molecular flexibility index (Phi) is 4.22. The minimum Gasteiger partial charge on any atom is -0.369 e. The predicted octanol–water partition coefficient (Wildman–Crippen LogP) is 2.63. The molecule has 2 aromatic rings. The van der Waals surface area contributed by atoms with Crippen molar-refractivity contribution in [3.05, 3.63) is 41.8 Å². The van der Waals surface area contributed by atoms with Crippen LogP contribution in [0, 0.1) is 0 Å². The van der Waals surface area contributed by atoms with Gasteiger partial charge in [0.15, 0.2) is 0 Å². The smallest absolute Gasteiger partial charge is 0.135 e. The fraction of sp³-hybridized carbons (Fsp3) is 0.333. The third kappa shape index (κ3) is 3.62. The first-order valence-electron chi connectivity index (χ1n) is 6.99. The van der Waals surface area contributed by atoms with Crippen molar-refractivity contribution in [2.45, 2.75) is 0 Å². The average Bonchev–Trinajstić information content (AvgIpc) is 2.49. The number of nitrogens with zero attached hydrogens (tertiary/aromatic N) is 4. The maximum atomic E-state index is 5.85. The Hall–Kier alpha value is -1.85. The molecule has 0 saturated carbocycles. The van der Waals surface area contributed by atoms with E-state index in [2.05, 4.69) is 56.4 Å². The molecule has 0 bridgehead atoms. The minimum absolute atomic E-state index is 0.432. The largest absolute Gasteiger partial charge is 0.369 e. The third-order valence-electron chi connectivity index (χ3n) is 3.64. The normalized spacial score (nSPS) is 16.0. The molecule has 6 heteroatoms. The topological polar surface area (TPSA) is 44.3 Å². The van der Waals surface area contributed by atoms with Crippen LogP contribution in [0.5, 0.6) is 0 Å². The lowest BCUT2D eigenvalue weighted by Gasteiger charge is -2.34. The zero-order valence-corrected chi connectivity index (χ0v) is 12.7. The monoisotopic (exact) mass is 303 g/mol. The van der Waals surface area contributed by atoms with E-state index >= 15 is 0 Å². The van der Waals surface area contributed by atoms with Crippen LogP contribution in [0.2, 0.25) is 5.15 Å². The Morgan fingerprint density at radius 1 is 1.05 bits per heavy atom. The molecule has 2 heterocycles. The second-order valence-corrected chi connectivity index (χ2v) is 5.58. The van der Waals surface area contributed by atoms with Gasteiger partial charge in [-0.2, -0.15) is 0 Å². The molecule has 0 radical (unpaired) electrons. The molecule has 1 saturated heterocycles. The van der Waals surface area contributed by atoms with E-state index in [4.69, 9.17) is 11.6 Å². The van der Waals surface area contributed by atoms with E-state index in [0.29, 0.717) is 11.0 Å². The molecular formula is C15H18ClN5. The first kappa shape index (κ1) is 14.1. The number of aromatic nitrogens is 2. The molecular weight excluding hydrogens is 286 g/mol. The van der Waals surface area contributed by atoms with E-state index in [-0.39, 0.29) is 0 Å². The number of hydrogen-bond donors (Lipinski definition) is 1. The van der Waals surface area contributed by atoms with E-state index in [0.717, 1.165) is 31.9 Å². The van der Waals surface area contributed by atoms with Crippen molar-refractivity contribution in [2.24, 2.45) is 0 Å². The van der Waals surface area contributed by atoms with Gasteiger partial charge in [-0.1, -0.05) is 11.6 Å². The summed E-state index contributed by atoms with van der Waals surface area (Å²) in [6, 6.07) is 10.1. The summed E-state index contributed by atoms with van der Waals surface area (Å²) in [6.45, 7) is 4.37. The SMILES string of the molecule is CN1CCN(c2ccc(Nc3cc(Cl)ncn3)cc2)CC1. The maximum absolute atomic E-state index is 5.85. The van der Waals surface area contributed by atoms with Crippen molar-refractivity contribution >= 4 is 28.8 Å². The van der Waals surface area contributed by atoms with Gasteiger partial charge in [-0.15, -0.1) is 0 Å². The molecule has 0 spiro atoms. The van der Waals surface area contributed by atoms with E-state index in [1.165, 1.54) is 12.0 Å². The van der Waals surface area contributed by atoms with Crippen LogP contribution in [0.1, 0.15) is 0 Å². The fourth-order valence-electron chi connectivity index (χ4n) is 2.37. The first-order chi connectivity index (χ1) is 10.2. The molecule has 1 aromatic heterocycles. The molecule has 0 atom stereocenters. The standard InChI is InChI=1S/C15H18ClN5/c1-20-6-8-21(9-7-20)13-4-2-12(3-5-13)19-15-10-14(16)17-11-18-15/h2-5,10-11H,6-9H2,1H3,(H,17,18,19). The highest BCUT2D eigenvalue weighted by Crippen LogP contribution is 2.21. The van der Waals surface area contributed by atoms with Gasteiger partial charge in [0.25, 0.3) is 0 Å². The van der Waals surface area contributed by atoms with E-state index in [1.54, 1.807) is 6.07 Å². The highest BCUT2D eigenvalue weighted by atomic mass is 35.5. The zero-order chi connectivity index (χ0) is 14.7. The second-order valence-electron chi connectivity index (χ2n) is 5.19. The van der Waals surface area contributed by atoms with Crippen molar-refractivity contribution in [3.63, 3.8) is 0 Å². The van der Waals surface area contributed by atoms with Crippen LogP contribution in [-0.2, 0) is 0 Å². The van der Waals surface area contributed by atoms with Crippen molar-refractivity contribution in [1.29, 1.82) is 0 Å². The number of benzene rings is 1. The Bertz CT molecular complexity index is 593. The van der Waals surface area contributed by atoms with Gasteiger partial charge in [-0.3, -0.25) is 0 Å². The average molecular weight is 304 g/mol. The highest BCUT2D eigenvalue weighted by molar-refractivity contribution is 6.29. The zero-order valence-electron chi connectivity index (χ0n) is 12.0. The van der Waals surface area contributed by atoms with E-state index in [1.807, 2.05) is 0 Å². The third-order valence-corrected chi connectivity index (χ3v) is 3.85. The Morgan fingerprint density at radius 2 is 1.76 bits per heavy atom. The summed E-state index contributed by atoms with van der Waals surface area (Å²) >= 11 is 5.85. The number of likely N-dealkylation sites (N-methyl/N-ethyl adjacent to an activating group) is 1. The number of anilines is 3. The molecule has 21 heavy (non-hydrogen) atoms. The Balaban J connectivity index is 1.66. The van der Waals surface area contributed by atoms with Crippen molar-refractivity contribution in [2.75, 3.05) is 43.4 Å². The van der Waals surface area contributed by atoms with Crippen molar-refractivity contribution in [3.8, 4) is 0 Å².